The second-order valence-electron chi connectivity index (χ2n) is 4.81. The van der Waals surface area contributed by atoms with Gasteiger partial charge in [-0.1, -0.05) is 0 Å². The maximum Gasteiger partial charge on any atom is 0.0791 e. The highest BCUT2D eigenvalue weighted by atomic mass is 16.3. The van der Waals surface area contributed by atoms with Crippen LogP contribution in [0.5, 0.6) is 0 Å². The number of hydrogen-bond acceptors (Lipinski definition) is 4. The Morgan fingerprint density at radius 2 is 2.24 bits per heavy atom. The molecular weight excluding hydrogens is 216 g/mol. The van der Waals surface area contributed by atoms with Crippen molar-refractivity contribution in [1.29, 1.82) is 0 Å². The van der Waals surface area contributed by atoms with Crippen molar-refractivity contribution in [2.45, 2.75) is 25.5 Å². The molecule has 1 unspecified atom stereocenters. The molecule has 0 aliphatic carbocycles. The summed E-state index contributed by atoms with van der Waals surface area (Å²) in [6.45, 7) is 4.48. The van der Waals surface area contributed by atoms with Crippen LogP contribution in [0.15, 0.2) is 12.4 Å². The summed E-state index contributed by atoms with van der Waals surface area (Å²) in [5.74, 6) is 0. The Hall–Kier alpha value is -0.910. The Bertz CT molecular complexity index is 333. The second kappa shape index (κ2) is 6.14. The number of aryl methyl sites for hydroxylation is 1. The Morgan fingerprint density at radius 3 is 2.88 bits per heavy atom. The number of β-amino-alcohol motifs (C(OH)–C–C–N with tert-alkyl or cyclic N) is 1. The highest BCUT2D eigenvalue weighted by molar-refractivity contribution is 5.02. The maximum absolute atomic E-state index is 9.87. The number of nitrogens with zero attached hydrogens (tertiary/aromatic N) is 3. The first-order chi connectivity index (χ1) is 8.24. The van der Waals surface area contributed by atoms with Crippen molar-refractivity contribution in [3.63, 3.8) is 0 Å². The molecule has 0 bridgehead atoms. The summed E-state index contributed by atoms with van der Waals surface area (Å²) in [5, 5.41) is 17.2. The molecule has 0 spiro atoms. The minimum atomic E-state index is -0.273. The van der Waals surface area contributed by atoms with Gasteiger partial charge in [-0.25, -0.2) is 0 Å². The van der Waals surface area contributed by atoms with Gasteiger partial charge in [-0.3, -0.25) is 4.68 Å². The number of aliphatic hydroxyl groups is 1. The van der Waals surface area contributed by atoms with Crippen LogP contribution in [0.25, 0.3) is 0 Å². The molecule has 1 aromatic rings. The van der Waals surface area contributed by atoms with Gasteiger partial charge in [0.2, 0.25) is 0 Å². The average molecular weight is 238 g/mol. The Balaban J connectivity index is 1.60. The third kappa shape index (κ3) is 4.11. The molecule has 5 nitrogen and oxygen atoms in total. The van der Waals surface area contributed by atoms with Gasteiger partial charge in [0.05, 0.1) is 12.3 Å². The van der Waals surface area contributed by atoms with E-state index in [0.29, 0.717) is 6.54 Å². The Morgan fingerprint density at radius 1 is 1.47 bits per heavy atom. The molecule has 1 aromatic heterocycles. The average Bonchev–Trinajstić information content (AvgIpc) is 2.90. The lowest BCUT2D eigenvalue weighted by Crippen LogP contribution is -2.36. The molecule has 2 heterocycles. The predicted octanol–water partition coefficient (Wildman–Crippen LogP) is -0.0336. The zero-order valence-electron chi connectivity index (χ0n) is 10.5. The smallest absolute Gasteiger partial charge is 0.0791 e. The second-order valence-corrected chi connectivity index (χ2v) is 4.81. The molecule has 1 fully saturated rings. The largest absolute Gasteiger partial charge is 0.390 e. The van der Waals surface area contributed by atoms with Gasteiger partial charge in [-0.2, -0.15) is 5.10 Å². The number of rotatable bonds is 6. The molecule has 1 atom stereocenters. The van der Waals surface area contributed by atoms with Crippen LogP contribution in [-0.2, 0) is 13.6 Å². The third-order valence-electron chi connectivity index (χ3n) is 3.14. The molecule has 96 valence electrons. The molecule has 0 amide bonds. The van der Waals surface area contributed by atoms with E-state index in [4.69, 9.17) is 0 Å². The van der Waals surface area contributed by atoms with Crippen LogP contribution in [0.4, 0.5) is 0 Å². The third-order valence-corrected chi connectivity index (χ3v) is 3.14. The van der Waals surface area contributed by atoms with E-state index in [0.717, 1.165) is 31.7 Å². The van der Waals surface area contributed by atoms with E-state index in [9.17, 15) is 5.11 Å². The predicted molar refractivity (Wildman–Crippen MR) is 66.6 cm³/mol. The number of hydrogen-bond donors (Lipinski definition) is 2. The van der Waals surface area contributed by atoms with E-state index in [1.807, 2.05) is 19.4 Å². The summed E-state index contributed by atoms with van der Waals surface area (Å²) >= 11 is 0. The van der Waals surface area contributed by atoms with Crippen LogP contribution in [-0.4, -0.2) is 52.1 Å². The summed E-state index contributed by atoms with van der Waals surface area (Å²) in [5.41, 5.74) is 1.15. The standard InChI is InChI=1S/C12H22N4O/c1-15-9-11(7-14-15)6-13-8-12(17)10-16-4-2-3-5-16/h7,9,12-13,17H,2-6,8,10H2,1H3. The van der Waals surface area contributed by atoms with E-state index in [1.165, 1.54) is 12.8 Å². The van der Waals surface area contributed by atoms with Gasteiger partial charge in [-0.05, 0) is 25.9 Å². The number of aromatic nitrogens is 2. The van der Waals surface area contributed by atoms with Crippen molar-refractivity contribution in [3.05, 3.63) is 18.0 Å². The fourth-order valence-corrected chi connectivity index (χ4v) is 2.27. The van der Waals surface area contributed by atoms with E-state index in [1.54, 1.807) is 4.68 Å². The number of aliphatic hydroxyl groups excluding tert-OH is 1. The monoisotopic (exact) mass is 238 g/mol. The molecule has 1 saturated heterocycles. The van der Waals surface area contributed by atoms with Crippen LogP contribution in [0.3, 0.4) is 0 Å². The quantitative estimate of drug-likeness (QED) is 0.730. The topological polar surface area (TPSA) is 53.3 Å². The molecular formula is C12H22N4O. The highest BCUT2D eigenvalue weighted by Crippen LogP contribution is 2.07. The van der Waals surface area contributed by atoms with Gasteiger partial charge < -0.3 is 15.3 Å². The molecule has 1 aliphatic rings. The van der Waals surface area contributed by atoms with Crippen molar-refractivity contribution in [2.24, 2.45) is 7.05 Å². The van der Waals surface area contributed by atoms with E-state index in [-0.39, 0.29) is 6.10 Å². The van der Waals surface area contributed by atoms with Gasteiger partial charge in [-0.15, -0.1) is 0 Å². The summed E-state index contributed by atoms with van der Waals surface area (Å²) < 4.78 is 1.79. The van der Waals surface area contributed by atoms with E-state index < -0.39 is 0 Å². The molecule has 2 rings (SSSR count). The van der Waals surface area contributed by atoms with E-state index >= 15 is 0 Å². The van der Waals surface area contributed by atoms with Gasteiger partial charge in [0.15, 0.2) is 0 Å². The summed E-state index contributed by atoms with van der Waals surface area (Å²) in [4.78, 5) is 2.33. The lowest BCUT2D eigenvalue weighted by molar-refractivity contribution is 0.123. The first-order valence-electron chi connectivity index (χ1n) is 6.33. The summed E-state index contributed by atoms with van der Waals surface area (Å²) in [6, 6.07) is 0. The molecule has 2 N–H and O–H groups in total. The fourth-order valence-electron chi connectivity index (χ4n) is 2.27. The van der Waals surface area contributed by atoms with Crippen molar-refractivity contribution in [2.75, 3.05) is 26.2 Å². The zero-order chi connectivity index (χ0) is 12.1. The molecule has 5 heteroatoms. The van der Waals surface area contributed by atoms with E-state index in [2.05, 4.69) is 15.3 Å². The molecule has 0 aromatic carbocycles. The normalized spacial score (nSPS) is 18.7. The van der Waals surface area contributed by atoms with Gasteiger partial charge in [0.1, 0.15) is 0 Å². The van der Waals surface area contributed by atoms with Crippen LogP contribution in [0.2, 0.25) is 0 Å². The zero-order valence-corrected chi connectivity index (χ0v) is 10.5. The molecule has 17 heavy (non-hydrogen) atoms. The van der Waals surface area contributed by atoms with Crippen LogP contribution in [0.1, 0.15) is 18.4 Å². The van der Waals surface area contributed by atoms with Crippen molar-refractivity contribution < 1.29 is 5.11 Å². The first kappa shape index (κ1) is 12.5. The molecule has 0 saturated carbocycles. The first-order valence-corrected chi connectivity index (χ1v) is 6.33. The molecule has 0 radical (unpaired) electrons. The van der Waals surface area contributed by atoms with Gasteiger partial charge >= 0.3 is 0 Å². The fraction of sp³-hybridized carbons (Fsp3) is 0.750. The summed E-state index contributed by atoms with van der Waals surface area (Å²) in [7, 11) is 1.91. The lowest BCUT2D eigenvalue weighted by Gasteiger charge is -2.19. The lowest BCUT2D eigenvalue weighted by atomic mass is 10.3. The minimum absolute atomic E-state index is 0.273. The number of nitrogens with one attached hydrogen (secondary N) is 1. The summed E-state index contributed by atoms with van der Waals surface area (Å²) in [6.07, 6.45) is 6.11. The SMILES string of the molecule is Cn1cc(CNCC(O)CN2CCCC2)cn1. The van der Waals surface area contributed by atoms with Crippen LogP contribution < -0.4 is 5.32 Å². The van der Waals surface area contributed by atoms with Crippen LogP contribution in [0, 0.1) is 0 Å². The van der Waals surface area contributed by atoms with Gasteiger partial charge in [0, 0.05) is 38.4 Å². The minimum Gasteiger partial charge on any atom is -0.390 e. The van der Waals surface area contributed by atoms with Crippen molar-refractivity contribution in [3.8, 4) is 0 Å². The maximum atomic E-state index is 9.87. The van der Waals surface area contributed by atoms with Crippen molar-refractivity contribution >= 4 is 0 Å². The Labute approximate surface area is 102 Å². The highest BCUT2D eigenvalue weighted by Gasteiger charge is 2.15. The molecule has 1 aliphatic heterocycles. The Kier molecular flexibility index (Phi) is 4.53. The number of likely N-dealkylation sites (tertiary alicyclic amines) is 1. The van der Waals surface area contributed by atoms with Crippen molar-refractivity contribution in [1.82, 2.24) is 20.0 Å². The van der Waals surface area contributed by atoms with Crippen LogP contribution >= 0.6 is 0 Å². The van der Waals surface area contributed by atoms with Gasteiger partial charge in [0.25, 0.3) is 0 Å².